The van der Waals surface area contributed by atoms with Gasteiger partial charge >= 0.3 is 0 Å². The van der Waals surface area contributed by atoms with E-state index in [1.54, 1.807) is 0 Å². The molecule has 0 aliphatic carbocycles. The third kappa shape index (κ3) is 2.02. The Morgan fingerprint density at radius 2 is 1.30 bits per heavy atom. The standard InChI is InChI=1S/C15H9N3S2/c1-18-14-4-2-10(19-8-16)6-12(14)13-7-11(20-9-17)3-5-15(13)18/h2-7H,1H3. The molecular weight excluding hydrogens is 286 g/mol. The van der Waals surface area contributed by atoms with Crippen molar-refractivity contribution in [2.75, 3.05) is 0 Å². The molecule has 0 fully saturated rings. The van der Waals surface area contributed by atoms with Gasteiger partial charge in [0.15, 0.2) is 0 Å². The monoisotopic (exact) mass is 295 g/mol. The summed E-state index contributed by atoms with van der Waals surface area (Å²) in [4.78, 5) is 1.87. The van der Waals surface area contributed by atoms with Gasteiger partial charge in [-0.05, 0) is 59.9 Å². The van der Waals surface area contributed by atoms with Gasteiger partial charge in [-0.15, -0.1) is 0 Å². The number of nitrogens with zero attached hydrogens (tertiary/aromatic N) is 3. The number of fused-ring (bicyclic) bond motifs is 3. The second-order valence-corrected chi connectivity index (χ2v) is 6.02. The summed E-state index contributed by atoms with van der Waals surface area (Å²) >= 11 is 2.32. The molecule has 0 unspecified atom stereocenters. The zero-order valence-corrected chi connectivity index (χ0v) is 12.3. The van der Waals surface area contributed by atoms with Gasteiger partial charge in [-0.3, -0.25) is 0 Å². The van der Waals surface area contributed by atoms with Gasteiger partial charge in [0.1, 0.15) is 10.8 Å². The Kier molecular flexibility index (Phi) is 3.31. The third-order valence-corrected chi connectivity index (χ3v) is 4.44. The molecule has 20 heavy (non-hydrogen) atoms. The highest BCUT2D eigenvalue weighted by atomic mass is 32.2. The number of hydrogen-bond donors (Lipinski definition) is 0. The largest absolute Gasteiger partial charge is 0.344 e. The summed E-state index contributed by atoms with van der Waals surface area (Å²) in [5, 5.41) is 24.0. The van der Waals surface area contributed by atoms with Crippen LogP contribution in [0.25, 0.3) is 21.8 Å². The lowest BCUT2D eigenvalue weighted by molar-refractivity contribution is 1.01. The fraction of sp³-hybridized carbons (Fsp3) is 0.0667. The molecule has 0 spiro atoms. The number of aryl methyl sites for hydroxylation is 1. The van der Waals surface area contributed by atoms with E-state index < -0.39 is 0 Å². The number of thioether (sulfide) groups is 2. The summed E-state index contributed by atoms with van der Waals surface area (Å²) in [7, 11) is 2.03. The number of aromatic nitrogens is 1. The number of rotatable bonds is 2. The first-order valence-corrected chi connectivity index (χ1v) is 7.52. The van der Waals surface area contributed by atoms with Crippen molar-refractivity contribution >= 4 is 45.3 Å². The second-order valence-electron chi connectivity index (χ2n) is 4.30. The quantitative estimate of drug-likeness (QED) is 0.517. The van der Waals surface area contributed by atoms with Crippen LogP contribution in [0.2, 0.25) is 0 Å². The van der Waals surface area contributed by atoms with Gasteiger partial charge in [0.2, 0.25) is 0 Å². The van der Waals surface area contributed by atoms with Gasteiger partial charge in [-0.1, -0.05) is 0 Å². The first-order valence-electron chi connectivity index (χ1n) is 5.88. The van der Waals surface area contributed by atoms with Crippen molar-refractivity contribution in [1.82, 2.24) is 4.57 Å². The molecule has 0 saturated carbocycles. The molecule has 0 amide bonds. The minimum Gasteiger partial charge on any atom is -0.344 e. The molecule has 1 heterocycles. The Balaban J connectivity index is 2.33. The molecule has 0 saturated heterocycles. The zero-order chi connectivity index (χ0) is 14.1. The topological polar surface area (TPSA) is 52.5 Å². The summed E-state index contributed by atoms with van der Waals surface area (Å²) < 4.78 is 2.13. The summed E-state index contributed by atoms with van der Waals surface area (Å²) in [6.07, 6.45) is 0. The van der Waals surface area contributed by atoms with Crippen molar-refractivity contribution < 1.29 is 0 Å². The van der Waals surface area contributed by atoms with Crippen LogP contribution in [0, 0.1) is 21.3 Å². The van der Waals surface area contributed by atoms with Crippen LogP contribution in [0.4, 0.5) is 0 Å². The predicted molar refractivity (Wildman–Crippen MR) is 83.4 cm³/mol. The number of benzene rings is 2. The zero-order valence-electron chi connectivity index (χ0n) is 10.6. The lowest BCUT2D eigenvalue weighted by atomic mass is 10.1. The van der Waals surface area contributed by atoms with E-state index in [-0.39, 0.29) is 0 Å². The van der Waals surface area contributed by atoms with Crippen molar-refractivity contribution in [2.24, 2.45) is 7.05 Å². The van der Waals surface area contributed by atoms with E-state index in [9.17, 15) is 0 Å². The van der Waals surface area contributed by atoms with Crippen LogP contribution in [0.1, 0.15) is 0 Å². The van der Waals surface area contributed by atoms with Crippen LogP contribution in [-0.4, -0.2) is 4.57 Å². The van der Waals surface area contributed by atoms with Gasteiger partial charge in [0.25, 0.3) is 0 Å². The van der Waals surface area contributed by atoms with Crippen molar-refractivity contribution in [3.8, 4) is 10.8 Å². The molecule has 0 N–H and O–H groups in total. The normalized spacial score (nSPS) is 10.6. The maximum absolute atomic E-state index is 8.79. The number of thiocyanates is 2. The van der Waals surface area contributed by atoms with Crippen molar-refractivity contribution in [3.63, 3.8) is 0 Å². The molecule has 0 atom stereocenters. The average molecular weight is 295 g/mol. The fourth-order valence-corrected chi connectivity index (χ4v) is 3.25. The first kappa shape index (κ1) is 12.9. The number of nitriles is 2. The SMILES string of the molecule is Cn1c2ccc(SC#N)cc2c2cc(SC#N)ccc21. The van der Waals surface area contributed by atoms with Gasteiger partial charge in [-0.2, -0.15) is 10.5 Å². The van der Waals surface area contributed by atoms with Crippen molar-refractivity contribution in [3.05, 3.63) is 36.4 Å². The Morgan fingerprint density at radius 3 is 1.70 bits per heavy atom. The average Bonchev–Trinajstić information content (AvgIpc) is 2.73. The van der Waals surface area contributed by atoms with Crippen LogP contribution in [0.3, 0.4) is 0 Å². The minimum absolute atomic E-state index is 0.936. The highest BCUT2D eigenvalue weighted by molar-refractivity contribution is 8.04. The Labute approximate surface area is 124 Å². The molecule has 3 rings (SSSR count). The van der Waals surface area contributed by atoms with E-state index in [0.717, 1.165) is 55.1 Å². The summed E-state index contributed by atoms with van der Waals surface area (Å²) in [6, 6.07) is 12.1. The molecule has 2 aromatic carbocycles. The van der Waals surface area contributed by atoms with Crippen LogP contribution in [-0.2, 0) is 7.05 Å². The van der Waals surface area contributed by atoms with E-state index in [2.05, 4.69) is 15.4 Å². The summed E-state index contributed by atoms with van der Waals surface area (Å²) in [5.74, 6) is 0. The van der Waals surface area contributed by atoms with Crippen LogP contribution in [0.15, 0.2) is 46.2 Å². The molecular formula is C15H9N3S2. The van der Waals surface area contributed by atoms with Gasteiger partial charge in [-0.25, -0.2) is 0 Å². The third-order valence-electron chi connectivity index (χ3n) is 3.28. The molecule has 5 heteroatoms. The highest BCUT2D eigenvalue weighted by Gasteiger charge is 2.10. The maximum Gasteiger partial charge on any atom is 0.138 e. The van der Waals surface area contributed by atoms with Crippen molar-refractivity contribution in [1.29, 1.82) is 10.5 Å². The van der Waals surface area contributed by atoms with Crippen molar-refractivity contribution in [2.45, 2.75) is 9.79 Å². The fourth-order valence-electron chi connectivity index (χ4n) is 2.41. The minimum atomic E-state index is 0.936. The molecule has 1 aromatic heterocycles. The molecule has 3 aromatic rings. The van der Waals surface area contributed by atoms with Gasteiger partial charge in [0, 0.05) is 38.6 Å². The van der Waals surface area contributed by atoms with Crippen LogP contribution >= 0.6 is 23.5 Å². The molecule has 0 aliphatic rings. The highest BCUT2D eigenvalue weighted by Crippen LogP contribution is 2.33. The molecule has 0 aliphatic heterocycles. The smallest absolute Gasteiger partial charge is 0.138 e. The Hall–Kier alpha value is -2.08. The molecule has 0 bridgehead atoms. The second kappa shape index (κ2) is 5.13. The van der Waals surface area contributed by atoms with E-state index in [1.165, 1.54) is 0 Å². The summed E-state index contributed by atoms with van der Waals surface area (Å²) in [6.45, 7) is 0. The molecule has 0 radical (unpaired) electrons. The predicted octanol–water partition coefficient (Wildman–Crippen LogP) is 4.48. The first-order chi connectivity index (χ1) is 9.74. The lowest BCUT2D eigenvalue weighted by Gasteiger charge is -1.98. The summed E-state index contributed by atoms with van der Waals surface area (Å²) in [5.41, 5.74) is 2.25. The Morgan fingerprint density at radius 1 is 0.850 bits per heavy atom. The van der Waals surface area contributed by atoms with E-state index >= 15 is 0 Å². The molecule has 96 valence electrons. The number of hydrogen-bond acceptors (Lipinski definition) is 4. The van der Waals surface area contributed by atoms with Gasteiger partial charge in [0.05, 0.1) is 0 Å². The van der Waals surface area contributed by atoms with Crippen LogP contribution < -0.4 is 0 Å². The van der Waals surface area contributed by atoms with E-state index in [0.29, 0.717) is 0 Å². The lowest BCUT2D eigenvalue weighted by Crippen LogP contribution is -1.85. The maximum atomic E-state index is 8.79. The van der Waals surface area contributed by atoms with Crippen LogP contribution in [0.5, 0.6) is 0 Å². The van der Waals surface area contributed by atoms with E-state index in [4.69, 9.17) is 10.5 Å². The van der Waals surface area contributed by atoms with E-state index in [1.807, 2.05) is 43.4 Å². The van der Waals surface area contributed by atoms with Gasteiger partial charge < -0.3 is 4.57 Å². The Bertz CT molecular complexity index is 824. The molecule has 3 nitrogen and oxygen atoms in total.